The lowest BCUT2D eigenvalue weighted by Gasteiger charge is -2.19. The maximum Gasteiger partial charge on any atom is 0.416 e. The largest absolute Gasteiger partial charge is 0.493 e. The van der Waals surface area contributed by atoms with E-state index in [1.54, 1.807) is 12.1 Å². The van der Waals surface area contributed by atoms with Crippen molar-refractivity contribution >= 4 is 5.97 Å². The van der Waals surface area contributed by atoms with Crippen LogP contribution >= 0.6 is 0 Å². The average molecular weight is 394 g/mol. The predicted octanol–water partition coefficient (Wildman–Crippen LogP) is 4.30. The number of esters is 1. The fourth-order valence-electron chi connectivity index (χ4n) is 3.58. The van der Waals surface area contributed by atoms with E-state index < -0.39 is 23.6 Å². The third-order valence-corrected chi connectivity index (χ3v) is 5.02. The Morgan fingerprint density at radius 1 is 1.04 bits per heavy atom. The van der Waals surface area contributed by atoms with Crippen molar-refractivity contribution in [1.82, 2.24) is 0 Å². The van der Waals surface area contributed by atoms with Gasteiger partial charge in [0.15, 0.2) is 11.5 Å². The molecule has 0 amide bonds. The summed E-state index contributed by atoms with van der Waals surface area (Å²) in [6.07, 6.45) is -3.98. The standard InChI is InChI=1S/C21H21F3O4/c1-26-18-8-7-13(10-19(18)27-2)9-15-12-28-20(25)16(15)11-14-5-3-4-6-17(14)21(22,23)24/h3-8,10,15-16H,9,11-12H2,1-2H3/t15-,16+/m0/s1. The molecule has 0 radical (unpaired) electrons. The molecule has 1 heterocycles. The molecule has 4 nitrogen and oxygen atoms in total. The van der Waals surface area contributed by atoms with Crippen LogP contribution in [0.3, 0.4) is 0 Å². The van der Waals surface area contributed by atoms with Gasteiger partial charge in [-0.05, 0) is 42.2 Å². The molecule has 0 aromatic heterocycles. The fourth-order valence-corrected chi connectivity index (χ4v) is 3.58. The van der Waals surface area contributed by atoms with E-state index in [1.807, 2.05) is 12.1 Å². The molecule has 7 heteroatoms. The summed E-state index contributed by atoms with van der Waals surface area (Å²) in [7, 11) is 3.07. The van der Waals surface area contributed by atoms with Gasteiger partial charge in [-0.15, -0.1) is 0 Å². The van der Waals surface area contributed by atoms with Gasteiger partial charge in [0.2, 0.25) is 0 Å². The average Bonchev–Trinajstić information content (AvgIpc) is 3.01. The number of methoxy groups -OCH3 is 2. The van der Waals surface area contributed by atoms with Crippen molar-refractivity contribution in [2.45, 2.75) is 19.0 Å². The van der Waals surface area contributed by atoms with E-state index in [0.717, 1.165) is 11.6 Å². The first-order chi connectivity index (χ1) is 13.3. The molecule has 0 spiro atoms. The Kier molecular flexibility index (Phi) is 5.82. The van der Waals surface area contributed by atoms with Gasteiger partial charge in [0.1, 0.15) is 0 Å². The Bertz CT molecular complexity index is 848. The molecule has 0 bridgehead atoms. The molecule has 28 heavy (non-hydrogen) atoms. The third-order valence-electron chi connectivity index (χ3n) is 5.02. The Balaban J connectivity index is 1.81. The molecule has 0 saturated carbocycles. The van der Waals surface area contributed by atoms with Gasteiger partial charge in [0, 0.05) is 5.92 Å². The van der Waals surface area contributed by atoms with Crippen molar-refractivity contribution in [2.75, 3.05) is 20.8 Å². The predicted molar refractivity (Wildman–Crippen MR) is 96.3 cm³/mol. The second-order valence-electron chi connectivity index (χ2n) is 6.75. The van der Waals surface area contributed by atoms with Crippen LogP contribution in [-0.2, 0) is 28.5 Å². The van der Waals surface area contributed by atoms with Crippen LogP contribution in [0.15, 0.2) is 42.5 Å². The van der Waals surface area contributed by atoms with Gasteiger partial charge in [0.05, 0.1) is 32.3 Å². The van der Waals surface area contributed by atoms with Crippen molar-refractivity contribution in [3.63, 3.8) is 0 Å². The van der Waals surface area contributed by atoms with Gasteiger partial charge in [0.25, 0.3) is 0 Å². The van der Waals surface area contributed by atoms with E-state index in [0.29, 0.717) is 17.9 Å². The molecule has 0 aliphatic carbocycles. The number of carbonyl (C=O) groups excluding carboxylic acids is 1. The summed E-state index contributed by atoms with van der Waals surface area (Å²) in [6, 6.07) is 10.8. The van der Waals surface area contributed by atoms with Crippen LogP contribution in [0.25, 0.3) is 0 Å². The first-order valence-corrected chi connectivity index (χ1v) is 8.86. The molecule has 3 rings (SSSR count). The quantitative estimate of drug-likeness (QED) is 0.686. The number of ether oxygens (including phenoxy) is 3. The molecular weight excluding hydrogens is 373 g/mol. The minimum Gasteiger partial charge on any atom is -0.493 e. The Hall–Kier alpha value is -2.70. The highest BCUT2D eigenvalue weighted by molar-refractivity contribution is 5.75. The molecular formula is C21H21F3O4. The fraction of sp³-hybridized carbons (Fsp3) is 0.381. The van der Waals surface area contributed by atoms with E-state index in [9.17, 15) is 18.0 Å². The highest BCUT2D eigenvalue weighted by atomic mass is 19.4. The number of rotatable bonds is 6. The lowest BCUT2D eigenvalue weighted by Crippen LogP contribution is -2.22. The lowest BCUT2D eigenvalue weighted by molar-refractivity contribution is -0.142. The zero-order valence-electron chi connectivity index (χ0n) is 15.6. The molecule has 0 unspecified atom stereocenters. The Labute approximate surface area is 161 Å². The molecule has 1 aliphatic heterocycles. The van der Waals surface area contributed by atoms with Gasteiger partial charge in [-0.25, -0.2) is 0 Å². The van der Waals surface area contributed by atoms with Crippen LogP contribution in [0.4, 0.5) is 13.2 Å². The zero-order valence-corrected chi connectivity index (χ0v) is 15.6. The first-order valence-electron chi connectivity index (χ1n) is 8.86. The summed E-state index contributed by atoms with van der Waals surface area (Å²) in [4.78, 5) is 12.2. The molecule has 1 aliphatic rings. The Morgan fingerprint density at radius 3 is 2.43 bits per heavy atom. The van der Waals surface area contributed by atoms with E-state index in [1.165, 1.54) is 26.4 Å². The summed E-state index contributed by atoms with van der Waals surface area (Å²) in [5, 5.41) is 0. The monoisotopic (exact) mass is 394 g/mol. The van der Waals surface area contributed by atoms with Crippen LogP contribution in [0, 0.1) is 11.8 Å². The Morgan fingerprint density at radius 2 is 1.75 bits per heavy atom. The topological polar surface area (TPSA) is 44.8 Å². The van der Waals surface area contributed by atoms with Gasteiger partial charge < -0.3 is 14.2 Å². The van der Waals surface area contributed by atoms with Crippen molar-refractivity contribution < 1.29 is 32.2 Å². The highest BCUT2D eigenvalue weighted by Gasteiger charge is 2.40. The number of benzene rings is 2. The molecule has 2 aromatic carbocycles. The van der Waals surface area contributed by atoms with E-state index >= 15 is 0 Å². The first kappa shape index (κ1) is 20.0. The number of hydrogen-bond acceptors (Lipinski definition) is 4. The van der Waals surface area contributed by atoms with Crippen LogP contribution in [0.2, 0.25) is 0 Å². The molecule has 2 aromatic rings. The third kappa shape index (κ3) is 4.24. The maximum absolute atomic E-state index is 13.3. The van der Waals surface area contributed by atoms with E-state index in [2.05, 4.69) is 0 Å². The zero-order chi connectivity index (χ0) is 20.3. The summed E-state index contributed by atoms with van der Waals surface area (Å²) in [6.45, 7) is 0.187. The number of cyclic esters (lactones) is 1. The molecule has 1 saturated heterocycles. The van der Waals surface area contributed by atoms with Gasteiger partial charge in [-0.3, -0.25) is 4.79 Å². The van der Waals surface area contributed by atoms with Crippen molar-refractivity contribution in [2.24, 2.45) is 11.8 Å². The molecule has 2 atom stereocenters. The van der Waals surface area contributed by atoms with Crippen LogP contribution in [-0.4, -0.2) is 26.8 Å². The minimum atomic E-state index is -4.46. The normalized spacial score (nSPS) is 19.4. The molecule has 1 fully saturated rings. The summed E-state index contributed by atoms with van der Waals surface area (Å²) < 4.78 is 55.5. The van der Waals surface area contributed by atoms with Crippen molar-refractivity contribution in [3.8, 4) is 11.5 Å². The summed E-state index contributed by atoms with van der Waals surface area (Å²) in [5.41, 5.74) is 0.297. The van der Waals surface area contributed by atoms with Crippen molar-refractivity contribution in [3.05, 3.63) is 59.2 Å². The molecule has 0 N–H and O–H groups in total. The van der Waals surface area contributed by atoms with Gasteiger partial charge in [-0.2, -0.15) is 13.2 Å². The number of carbonyl (C=O) groups is 1. The lowest BCUT2D eigenvalue weighted by atomic mass is 9.84. The van der Waals surface area contributed by atoms with Crippen LogP contribution < -0.4 is 9.47 Å². The van der Waals surface area contributed by atoms with Crippen LogP contribution in [0.5, 0.6) is 11.5 Å². The minimum absolute atomic E-state index is 0.00747. The van der Waals surface area contributed by atoms with Crippen molar-refractivity contribution in [1.29, 1.82) is 0 Å². The van der Waals surface area contributed by atoms with E-state index in [-0.39, 0.29) is 24.5 Å². The molecule has 150 valence electrons. The number of hydrogen-bond donors (Lipinski definition) is 0. The SMILES string of the molecule is COc1ccc(C[C@H]2COC(=O)[C@@H]2Cc2ccccc2C(F)(F)F)cc1OC. The second kappa shape index (κ2) is 8.12. The summed E-state index contributed by atoms with van der Waals surface area (Å²) >= 11 is 0. The maximum atomic E-state index is 13.3. The highest BCUT2D eigenvalue weighted by Crippen LogP contribution is 2.36. The second-order valence-corrected chi connectivity index (χ2v) is 6.75. The van der Waals surface area contributed by atoms with Gasteiger partial charge >= 0.3 is 12.1 Å². The smallest absolute Gasteiger partial charge is 0.416 e. The number of alkyl halides is 3. The van der Waals surface area contributed by atoms with Gasteiger partial charge in [-0.1, -0.05) is 24.3 Å². The van der Waals surface area contributed by atoms with E-state index in [4.69, 9.17) is 14.2 Å². The van der Waals surface area contributed by atoms with Crippen LogP contribution in [0.1, 0.15) is 16.7 Å². The summed E-state index contributed by atoms with van der Waals surface area (Å²) in [5.74, 6) is -0.157. The number of halogens is 3.